The van der Waals surface area contributed by atoms with Crippen LogP contribution in [0.4, 0.5) is 0 Å². The van der Waals surface area contributed by atoms with Gasteiger partial charge in [0.25, 0.3) is 0 Å². The fourth-order valence-electron chi connectivity index (χ4n) is 3.73. The third kappa shape index (κ3) is 10.2. The van der Waals surface area contributed by atoms with E-state index in [4.69, 9.17) is 0 Å². The van der Waals surface area contributed by atoms with Gasteiger partial charge in [-0.3, -0.25) is 0 Å². The topological polar surface area (TPSA) is 0 Å². The molecule has 4 aromatic carbocycles. The number of aryl methyl sites for hydroxylation is 4. The Kier molecular flexibility index (Phi) is 13.2. The second kappa shape index (κ2) is 16.5. The molecule has 0 atom stereocenters. The summed E-state index contributed by atoms with van der Waals surface area (Å²) in [6.45, 7) is 8.77. The van der Waals surface area contributed by atoms with Gasteiger partial charge in [-0.1, -0.05) is 150 Å². The molecule has 178 valence electrons. The Balaban J connectivity index is 0.000000194. The van der Waals surface area contributed by atoms with E-state index in [0.717, 1.165) is 12.8 Å². The zero-order valence-electron chi connectivity index (χ0n) is 21.6. The van der Waals surface area contributed by atoms with Crippen LogP contribution in [0.15, 0.2) is 109 Å². The molecule has 0 amide bonds. The van der Waals surface area contributed by atoms with Crippen LogP contribution in [0, 0.1) is 0 Å². The molecule has 0 nitrogen and oxygen atoms in total. The van der Waals surface area contributed by atoms with Crippen molar-refractivity contribution in [3.8, 4) is 11.1 Å². The number of hydrogen-bond donors (Lipinski definition) is 0. The third-order valence-corrected chi connectivity index (χ3v) is 5.82. The van der Waals surface area contributed by atoms with Crippen molar-refractivity contribution >= 4 is 0 Å². The van der Waals surface area contributed by atoms with E-state index >= 15 is 0 Å². The van der Waals surface area contributed by atoms with Gasteiger partial charge in [0.1, 0.15) is 0 Å². The predicted octanol–water partition coefficient (Wildman–Crippen LogP) is 9.76. The van der Waals surface area contributed by atoms with Crippen molar-refractivity contribution in [1.29, 1.82) is 0 Å². The lowest BCUT2D eigenvalue weighted by atomic mass is 10.0. The fourth-order valence-corrected chi connectivity index (χ4v) is 3.73. The van der Waals surface area contributed by atoms with Crippen LogP contribution in [0.5, 0.6) is 0 Å². The van der Waals surface area contributed by atoms with Crippen LogP contribution >= 0.6 is 0 Å². The number of rotatable bonds is 7. The molecule has 0 N–H and O–H groups in total. The molecule has 0 heteroatoms. The molecule has 0 saturated carbocycles. The minimum Gasteiger partial charge on any atom is -0.0651 e. The summed E-state index contributed by atoms with van der Waals surface area (Å²) in [5, 5.41) is 0. The number of benzene rings is 4. The molecule has 0 spiro atoms. The standard InChI is InChI=1S/C16H18.2C9H12/c1-3-13-5-9-15(10-6-13)16-11-7-14(4-2)8-12-16;2*1-2-6-9-7-4-3-5-8-9/h5-12H,3-4H2,1-2H3;2*3-5,7-8H,2,6H2,1H3. The molecule has 0 aliphatic carbocycles. The highest BCUT2D eigenvalue weighted by Gasteiger charge is 1.97. The molecule has 0 saturated heterocycles. The van der Waals surface area contributed by atoms with Gasteiger partial charge in [0, 0.05) is 0 Å². The lowest BCUT2D eigenvalue weighted by Gasteiger charge is -2.04. The molecule has 0 aliphatic rings. The molecule has 0 heterocycles. The zero-order chi connectivity index (χ0) is 24.4. The van der Waals surface area contributed by atoms with Gasteiger partial charge in [0.05, 0.1) is 0 Å². The van der Waals surface area contributed by atoms with Crippen LogP contribution in [0.1, 0.15) is 62.8 Å². The molecule has 34 heavy (non-hydrogen) atoms. The second-order valence-corrected chi connectivity index (χ2v) is 8.57. The van der Waals surface area contributed by atoms with Crippen LogP contribution in [0.25, 0.3) is 11.1 Å². The van der Waals surface area contributed by atoms with E-state index in [1.54, 1.807) is 0 Å². The normalized spacial score (nSPS) is 9.88. The van der Waals surface area contributed by atoms with E-state index in [1.165, 1.54) is 59.1 Å². The minimum atomic E-state index is 1.11. The molecule has 0 bridgehead atoms. The van der Waals surface area contributed by atoms with Crippen LogP contribution in [0.2, 0.25) is 0 Å². The quantitative estimate of drug-likeness (QED) is 0.263. The van der Waals surface area contributed by atoms with Crippen molar-refractivity contribution in [2.45, 2.75) is 66.2 Å². The predicted molar refractivity (Wildman–Crippen MR) is 152 cm³/mol. The highest BCUT2D eigenvalue weighted by molar-refractivity contribution is 5.63. The Hall–Kier alpha value is -3.12. The smallest absolute Gasteiger partial charge is 0.0184 e. The summed E-state index contributed by atoms with van der Waals surface area (Å²) in [5.74, 6) is 0. The molecular formula is C34H42. The monoisotopic (exact) mass is 450 g/mol. The molecule has 4 aromatic rings. The van der Waals surface area contributed by atoms with Crippen molar-refractivity contribution < 1.29 is 0 Å². The van der Waals surface area contributed by atoms with Gasteiger partial charge < -0.3 is 0 Å². The summed E-state index contributed by atoms with van der Waals surface area (Å²) < 4.78 is 0. The summed E-state index contributed by atoms with van der Waals surface area (Å²) in [6, 6.07) is 38.8. The summed E-state index contributed by atoms with van der Waals surface area (Å²) in [5.41, 5.74) is 8.29. The van der Waals surface area contributed by atoms with E-state index in [0.29, 0.717) is 0 Å². The molecule has 0 unspecified atom stereocenters. The second-order valence-electron chi connectivity index (χ2n) is 8.57. The summed E-state index contributed by atoms with van der Waals surface area (Å²) in [4.78, 5) is 0. The lowest BCUT2D eigenvalue weighted by Crippen LogP contribution is -1.83. The van der Waals surface area contributed by atoms with Crippen molar-refractivity contribution in [3.05, 3.63) is 131 Å². The maximum atomic E-state index is 2.21. The van der Waals surface area contributed by atoms with E-state index in [-0.39, 0.29) is 0 Å². The minimum absolute atomic E-state index is 1.11. The average molecular weight is 451 g/mol. The summed E-state index contributed by atoms with van der Waals surface area (Å²) in [7, 11) is 0. The van der Waals surface area contributed by atoms with E-state index in [1.807, 2.05) is 0 Å². The molecule has 0 aliphatic heterocycles. The van der Waals surface area contributed by atoms with Crippen LogP contribution < -0.4 is 0 Å². The summed E-state index contributed by atoms with van der Waals surface area (Å²) in [6.07, 6.45) is 7.11. The largest absolute Gasteiger partial charge is 0.0651 e. The van der Waals surface area contributed by atoms with E-state index in [9.17, 15) is 0 Å². The van der Waals surface area contributed by atoms with Crippen molar-refractivity contribution in [3.63, 3.8) is 0 Å². The molecule has 4 rings (SSSR count). The fraction of sp³-hybridized carbons (Fsp3) is 0.294. The first-order valence-electron chi connectivity index (χ1n) is 13.0. The Bertz CT molecular complexity index is 910. The average Bonchev–Trinajstić information content (AvgIpc) is 2.91. The van der Waals surface area contributed by atoms with Crippen LogP contribution in [-0.2, 0) is 25.7 Å². The molecule has 0 radical (unpaired) electrons. The van der Waals surface area contributed by atoms with Gasteiger partial charge in [-0.05, 0) is 59.1 Å². The van der Waals surface area contributed by atoms with Gasteiger partial charge in [-0.15, -0.1) is 0 Å². The van der Waals surface area contributed by atoms with Gasteiger partial charge in [0.15, 0.2) is 0 Å². The Morgan fingerprint density at radius 2 is 0.676 bits per heavy atom. The molecule has 0 fully saturated rings. The first-order chi connectivity index (χ1) is 16.7. The van der Waals surface area contributed by atoms with E-state index in [2.05, 4.69) is 137 Å². The van der Waals surface area contributed by atoms with Crippen molar-refractivity contribution in [2.75, 3.05) is 0 Å². The van der Waals surface area contributed by atoms with Gasteiger partial charge in [-0.25, -0.2) is 0 Å². The van der Waals surface area contributed by atoms with Crippen molar-refractivity contribution in [2.24, 2.45) is 0 Å². The van der Waals surface area contributed by atoms with Crippen LogP contribution in [0.3, 0.4) is 0 Å². The highest BCUT2D eigenvalue weighted by atomic mass is 14.0. The Labute approximate surface area is 208 Å². The van der Waals surface area contributed by atoms with Crippen molar-refractivity contribution in [1.82, 2.24) is 0 Å². The molecular weight excluding hydrogens is 408 g/mol. The molecule has 0 aromatic heterocycles. The first kappa shape index (κ1) is 27.1. The van der Waals surface area contributed by atoms with Crippen LogP contribution in [-0.4, -0.2) is 0 Å². The Morgan fingerprint density at radius 3 is 0.941 bits per heavy atom. The maximum absolute atomic E-state index is 2.21. The Morgan fingerprint density at radius 1 is 0.353 bits per heavy atom. The van der Waals surface area contributed by atoms with Gasteiger partial charge in [0.2, 0.25) is 0 Å². The van der Waals surface area contributed by atoms with E-state index < -0.39 is 0 Å². The van der Waals surface area contributed by atoms with Gasteiger partial charge >= 0.3 is 0 Å². The zero-order valence-corrected chi connectivity index (χ0v) is 21.6. The lowest BCUT2D eigenvalue weighted by molar-refractivity contribution is 0.922. The third-order valence-electron chi connectivity index (χ3n) is 5.82. The maximum Gasteiger partial charge on any atom is -0.0184 e. The first-order valence-corrected chi connectivity index (χ1v) is 13.0. The highest BCUT2D eigenvalue weighted by Crippen LogP contribution is 2.20. The SMILES string of the molecule is CCCc1ccccc1.CCCc1ccccc1.CCc1ccc(-c2ccc(CC)cc2)cc1. The number of hydrogen-bond acceptors (Lipinski definition) is 0. The van der Waals surface area contributed by atoms with Gasteiger partial charge in [-0.2, -0.15) is 0 Å². The summed E-state index contributed by atoms with van der Waals surface area (Å²) >= 11 is 0.